The number of carbonyl (C=O) groups is 1. The molecule has 3 heteroatoms. The molecule has 0 aromatic rings. The number of nitrogens with two attached hydrogens (primary N) is 1. The Morgan fingerprint density at radius 3 is 2.36 bits per heavy atom. The average molecular weight is 201 g/mol. The third-order valence-electron chi connectivity index (χ3n) is 3.46. The molecule has 1 aliphatic carbocycles. The van der Waals surface area contributed by atoms with Crippen LogP contribution < -0.4 is 5.73 Å². The van der Waals surface area contributed by atoms with Gasteiger partial charge in [-0.15, -0.1) is 0 Å². The van der Waals surface area contributed by atoms with E-state index in [1.165, 1.54) is 0 Å². The van der Waals surface area contributed by atoms with Crippen molar-refractivity contribution in [3.05, 3.63) is 0 Å². The first-order chi connectivity index (χ1) is 6.44. The molecule has 82 valence electrons. The van der Waals surface area contributed by atoms with Crippen LogP contribution in [0.3, 0.4) is 0 Å². The Kier molecular flexibility index (Phi) is 3.51. The predicted octanol–water partition coefficient (Wildman–Crippen LogP) is 2.42. The topological polar surface area (TPSA) is 43.1 Å². The summed E-state index contributed by atoms with van der Waals surface area (Å²) >= 11 is 0. The number of primary amides is 1. The van der Waals surface area contributed by atoms with E-state index in [1.807, 2.05) is 13.8 Å². The van der Waals surface area contributed by atoms with Crippen molar-refractivity contribution in [1.82, 2.24) is 0 Å². The van der Waals surface area contributed by atoms with Gasteiger partial charge in [-0.25, -0.2) is 4.39 Å². The Morgan fingerprint density at radius 2 is 2.00 bits per heavy atom. The van der Waals surface area contributed by atoms with Crippen molar-refractivity contribution < 1.29 is 9.18 Å². The number of hydrogen-bond acceptors (Lipinski definition) is 1. The summed E-state index contributed by atoms with van der Waals surface area (Å²) in [5.74, 6) is 0.137. The molecule has 0 spiro atoms. The van der Waals surface area contributed by atoms with Gasteiger partial charge in [0.25, 0.3) is 0 Å². The highest BCUT2D eigenvalue weighted by Crippen LogP contribution is 2.40. The van der Waals surface area contributed by atoms with Crippen molar-refractivity contribution >= 4 is 5.91 Å². The zero-order chi connectivity index (χ0) is 10.8. The number of amides is 1. The van der Waals surface area contributed by atoms with Gasteiger partial charge in [0.15, 0.2) is 0 Å². The summed E-state index contributed by atoms with van der Waals surface area (Å²) in [5.41, 5.74) is 4.11. The Hall–Kier alpha value is -0.600. The summed E-state index contributed by atoms with van der Waals surface area (Å²) in [6.45, 7) is 3.85. The summed E-state index contributed by atoms with van der Waals surface area (Å²) in [6, 6.07) is 0. The van der Waals surface area contributed by atoms with Crippen LogP contribution in [0, 0.1) is 11.8 Å². The van der Waals surface area contributed by atoms with Gasteiger partial charge >= 0.3 is 0 Å². The predicted molar refractivity (Wildman–Crippen MR) is 54.4 cm³/mol. The van der Waals surface area contributed by atoms with E-state index >= 15 is 0 Å². The van der Waals surface area contributed by atoms with Crippen LogP contribution in [0.25, 0.3) is 0 Å². The Morgan fingerprint density at radius 1 is 1.50 bits per heavy atom. The van der Waals surface area contributed by atoms with Gasteiger partial charge in [-0.3, -0.25) is 4.79 Å². The first-order valence-electron chi connectivity index (χ1n) is 5.41. The SMILES string of the molecule is CC(C)C1(F)CCC(CC(N)=O)CC1. The van der Waals surface area contributed by atoms with Gasteiger partial charge in [-0.1, -0.05) is 13.8 Å². The Balaban J connectivity index is 2.41. The molecule has 1 fully saturated rings. The van der Waals surface area contributed by atoms with E-state index in [0.717, 1.165) is 12.8 Å². The molecule has 2 nitrogen and oxygen atoms in total. The monoisotopic (exact) mass is 201 g/mol. The smallest absolute Gasteiger partial charge is 0.217 e. The minimum Gasteiger partial charge on any atom is -0.370 e. The minimum atomic E-state index is -1.01. The number of carbonyl (C=O) groups excluding carboxylic acids is 1. The molecular weight excluding hydrogens is 181 g/mol. The lowest BCUT2D eigenvalue weighted by molar-refractivity contribution is -0.119. The van der Waals surface area contributed by atoms with Crippen LogP contribution in [0.1, 0.15) is 46.0 Å². The summed E-state index contributed by atoms with van der Waals surface area (Å²) in [6.07, 6.45) is 3.20. The number of halogens is 1. The molecular formula is C11H20FNO. The fourth-order valence-corrected chi connectivity index (χ4v) is 2.22. The van der Waals surface area contributed by atoms with E-state index < -0.39 is 5.67 Å². The van der Waals surface area contributed by atoms with Gasteiger partial charge < -0.3 is 5.73 Å². The van der Waals surface area contributed by atoms with E-state index in [2.05, 4.69) is 0 Å². The van der Waals surface area contributed by atoms with E-state index in [9.17, 15) is 9.18 Å². The molecule has 0 aromatic carbocycles. The molecule has 0 radical (unpaired) electrons. The molecule has 0 saturated heterocycles. The summed E-state index contributed by atoms with van der Waals surface area (Å²) in [4.78, 5) is 10.7. The molecule has 0 bridgehead atoms. The molecule has 0 unspecified atom stereocenters. The van der Waals surface area contributed by atoms with Crippen LogP contribution in [0.5, 0.6) is 0 Å². The molecule has 1 aliphatic rings. The second-order valence-electron chi connectivity index (χ2n) is 4.80. The van der Waals surface area contributed by atoms with Crippen molar-refractivity contribution in [3.8, 4) is 0 Å². The lowest BCUT2D eigenvalue weighted by Gasteiger charge is -2.36. The second-order valence-corrected chi connectivity index (χ2v) is 4.80. The molecule has 1 rings (SSSR count). The zero-order valence-corrected chi connectivity index (χ0v) is 9.05. The second kappa shape index (κ2) is 4.28. The van der Waals surface area contributed by atoms with E-state index in [1.54, 1.807) is 0 Å². The molecule has 1 saturated carbocycles. The molecule has 0 heterocycles. The van der Waals surface area contributed by atoms with Gasteiger partial charge in [0.05, 0.1) is 0 Å². The quantitative estimate of drug-likeness (QED) is 0.748. The molecule has 1 amide bonds. The number of hydrogen-bond donors (Lipinski definition) is 1. The average Bonchev–Trinajstić information content (AvgIpc) is 2.08. The Labute approximate surface area is 85.0 Å². The van der Waals surface area contributed by atoms with E-state index in [-0.39, 0.29) is 11.8 Å². The van der Waals surface area contributed by atoms with Crippen LogP contribution >= 0.6 is 0 Å². The van der Waals surface area contributed by atoms with E-state index in [0.29, 0.717) is 25.2 Å². The van der Waals surface area contributed by atoms with Crippen LogP contribution in [0.2, 0.25) is 0 Å². The highest BCUT2D eigenvalue weighted by Gasteiger charge is 2.38. The van der Waals surface area contributed by atoms with Crippen LogP contribution in [0.4, 0.5) is 4.39 Å². The van der Waals surface area contributed by atoms with Gasteiger partial charge in [0.1, 0.15) is 5.67 Å². The first-order valence-corrected chi connectivity index (χ1v) is 5.41. The van der Waals surface area contributed by atoms with Gasteiger partial charge in [-0.05, 0) is 37.5 Å². The maximum Gasteiger partial charge on any atom is 0.217 e. The normalized spacial score (nSPS) is 33.3. The molecule has 0 aliphatic heterocycles. The summed E-state index contributed by atoms with van der Waals surface area (Å²) < 4.78 is 14.1. The standard InChI is InChI=1S/C11H20FNO/c1-8(2)11(12)5-3-9(4-6-11)7-10(13)14/h8-9H,3-7H2,1-2H3,(H2,13,14). The maximum absolute atomic E-state index is 14.1. The lowest BCUT2D eigenvalue weighted by Crippen LogP contribution is -2.35. The van der Waals surface area contributed by atoms with Crippen molar-refractivity contribution in [3.63, 3.8) is 0 Å². The molecule has 14 heavy (non-hydrogen) atoms. The third-order valence-corrected chi connectivity index (χ3v) is 3.46. The Bertz CT molecular complexity index is 207. The zero-order valence-electron chi connectivity index (χ0n) is 9.05. The lowest BCUT2D eigenvalue weighted by atomic mass is 9.74. The van der Waals surface area contributed by atoms with Crippen molar-refractivity contribution in [2.75, 3.05) is 0 Å². The molecule has 0 atom stereocenters. The van der Waals surface area contributed by atoms with Crippen molar-refractivity contribution in [2.24, 2.45) is 17.6 Å². The van der Waals surface area contributed by atoms with Gasteiger partial charge in [0.2, 0.25) is 5.91 Å². The fourth-order valence-electron chi connectivity index (χ4n) is 2.22. The summed E-state index contributed by atoms with van der Waals surface area (Å²) in [7, 11) is 0. The summed E-state index contributed by atoms with van der Waals surface area (Å²) in [5, 5.41) is 0. The number of rotatable bonds is 3. The van der Waals surface area contributed by atoms with Crippen LogP contribution in [-0.2, 0) is 4.79 Å². The highest BCUT2D eigenvalue weighted by molar-refractivity contribution is 5.73. The van der Waals surface area contributed by atoms with Crippen molar-refractivity contribution in [2.45, 2.75) is 51.6 Å². The van der Waals surface area contributed by atoms with E-state index in [4.69, 9.17) is 5.73 Å². The fraction of sp³-hybridized carbons (Fsp3) is 0.909. The van der Waals surface area contributed by atoms with Gasteiger partial charge in [0, 0.05) is 6.42 Å². The highest BCUT2D eigenvalue weighted by atomic mass is 19.1. The maximum atomic E-state index is 14.1. The van der Waals surface area contributed by atoms with Crippen molar-refractivity contribution in [1.29, 1.82) is 0 Å². The minimum absolute atomic E-state index is 0.0806. The van der Waals surface area contributed by atoms with Crippen LogP contribution in [-0.4, -0.2) is 11.6 Å². The van der Waals surface area contributed by atoms with Crippen LogP contribution in [0.15, 0.2) is 0 Å². The van der Waals surface area contributed by atoms with Gasteiger partial charge in [-0.2, -0.15) is 0 Å². The number of alkyl halides is 1. The first kappa shape index (κ1) is 11.5. The largest absolute Gasteiger partial charge is 0.370 e. The molecule has 0 aromatic heterocycles. The third kappa shape index (κ3) is 2.69. The molecule has 2 N–H and O–H groups in total.